The molecule has 1 amide bonds. The summed E-state index contributed by atoms with van der Waals surface area (Å²) in [4.78, 5) is 11.7. The Kier molecular flexibility index (Phi) is 3.09. The monoisotopic (exact) mass is 230 g/mol. The third kappa shape index (κ3) is 2.84. The summed E-state index contributed by atoms with van der Waals surface area (Å²) in [6, 6.07) is 9.08. The Labute approximate surface area is 99.0 Å². The van der Waals surface area contributed by atoms with E-state index in [0.717, 1.165) is 11.3 Å². The maximum atomic E-state index is 11.7. The predicted molar refractivity (Wildman–Crippen MR) is 65.3 cm³/mol. The summed E-state index contributed by atoms with van der Waals surface area (Å²) >= 11 is 0. The van der Waals surface area contributed by atoms with Crippen LogP contribution in [0.5, 0.6) is 0 Å². The van der Waals surface area contributed by atoms with E-state index in [9.17, 15) is 4.79 Å². The molecular weight excluding hydrogens is 216 g/mol. The van der Waals surface area contributed by atoms with E-state index in [-0.39, 0.29) is 5.91 Å². The molecule has 1 aromatic heterocycles. The van der Waals surface area contributed by atoms with Crippen molar-refractivity contribution in [2.24, 2.45) is 0 Å². The zero-order valence-electron chi connectivity index (χ0n) is 9.53. The lowest BCUT2D eigenvalue weighted by molar-refractivity contribution is 0.0946. The fraction of sp³-hybridized carbons (Fsp3) is 0.167. The number of hydrogen-bond donors (Lipinski definition) is 3. The Bertz CT molecular complexity index is 516. The lowest BCUT2D eigenvalue weighted by atomic mass is 10.2. The third-order valence-electron chi connectivity index (χ3n) is 2.37. The van der Waals surface area contributed by atoms with Crippen LogP contribution >= 0.6 is 0 Å². The summed E-state index contributed by atoms with van der Waals surface area (Å²) < 4.78 is 0. The largest absolute Gasteiger partial charge is 0.399 e. The van der Waals surface area contributed by atoms with Crippen molar-refractivity contribution in [2.45, 2.75) is 13.5 Å². The molecule has 0 aliphatic heterocycles. The van der Waals surface area contributed by atoms with Crippen molar-refractivity contribution in [1.29, 1.82) is 0 Å². The van der Waals surface area contributed by atoms with E-state index >= 15 is 0 Å². The van der Waals surface area contributed by atoms with Crippen molar-refractivity contribution in [3.05, 3.63) is 47.3 Å². The van der Waals surface area contributed by atoms with Crippen LogP contribution in [0.15, 0.2) is 30.3 Å². The van der Waals surface area contributed by atoms with Crippen molar-refractivity contribution in [1.82, 2.24) is 15.5 Å². The lowest BCUT2D eigenvalue weighted by Gasteiger charge is -2.03. The zero-order valence-corrected chi connectivity index (χ0v) is 9.53. The molecule has 0 unspecified atom stereocenters. The Hall–Kier alpha value is -2.30. The first-order valence-corrected chi connectivity index (χ1v) is 5.30. The number of amides is 1. The number of nitrogens with one attached hydrogen (secondary N) is 2. The first-order chi connectivity index (χ1) is 8.15. The number of aromatic nitrogens is 2. The smallest absolute Gasteiger partial charge is 0.272 e. The molecule has 0 aliphatic rings. The van der Waals surface area contributed by atoms with Crippen molar-refractivity contribution in [3.63, 3.8) is 0 Å². The first kappa shape index (κ1) is 11.2. The number of benzene rings is 1. The van der Waals surface area contributed by atoms with Crippen molar-refractivity contribution >= 4 is 11.6 Å². The molecule has 4 N–H and O–H groups in total. The van der Waals surface area contributed by atoms with Gasteiger partial charge in [-0.1, -0.05) is 12.1 Å². The fourth-order valence-electron chi connectivity index (χ4n) is 1.44. The van der Waals surface area contributed by atoms with Gasteiger partial charge in [-0.3, -0.25) is 9.89 Å². The number of nitrogen functional groups attached to an aromatic ring is 1. The highest BCUT2D eigenvalue weighted by Crippen LogP contribution is 2.05. The van der Waals surface area contributed by atoms with Crippen molar-refractivity contribution in [3.8, 4) is 0 Å². The summed E-state index contributed by atoms with van der Waals surface area (Å²) in [7, 11) is 0. The van der Waals surface area contributed by atoms with E-state index in [1.54, 1.807) is 18.2 Å². The van der Waals surface area contributed by atoms with Crippen LogP contribution in [0.3, 0.4) is 0 Å². The maximum Gasteiger partial charge on any atom is 0.272 e. The Balaban J connectivity index is 1.94. The number of H-pyrrole nitrogens is 1. The van der Waals surface area contributed by atoms with Crippen LogP contribution in [0, 0.1) is 6.92 Å². The van der Waals surface area contributed by atoms with E-state index in [1.807, 2.05) is 19.1 Å². The average Bonchev–Trinajstić information content (AvgIpc) is 2.75. The second-order valence-corrected chi connectivity index (χ2v) is 3.86. The summed E-state index contributed by atoms with van der Waals surface area (Å²) in [5.74, 6) is -0.189. The Morgan fingerprint density at radius 2 is 2.12 bits per heavy atom. The molecule has 0 spiro atoms. The van der Waals surface area contributed by atoms with Crippen LogP contribution in [0.25, 0.3) is 0 Å². The summed E-state index contributed by atoms with van der Waals surface area (Å²) in [6.07, 6.45) is 0. The zero-order chi connectivity index (χ0) is 12.3. The molecule has 17 heavy (non-hydrogen) atoms. The van der Waals surface area contributed by atoms with Crippen LogP contribution < -0.4 is 11.1 Å². The number of nitrogens with zero attached hydrogens (tertiary/aromatic N) is 1. The van der Waals surface area contributed by atoms with Gasteiger partial charge in [0.1, 0.15) is 5.69 Å². The van der Waals surface area contributed by atoms with Gasteiger partial charge in [-0.05, 0) is 30.7 Å². The topological polar surface area (TPSA) is 83.8 Å². The minimum Gasteiger partial charge on any atom is -0.399 e. The number of carbonyl (C=O) groups excluding carboxylic acids is 1. The fourth-order valence-corrected chi connectivity index (χ4v) is 1.44. The molecule has 0 saturated carbocycles. The minimum absolute atomic E-state index is 0.189. The molecule has 2 rings (SSSR count). The van der Waals surface area contributed by atoms with Gasteiger partial charge in [-0.15, -0.1) is 0 Å². The minimum atomic E-state index is -0.189. The number of hydrogen-bond acceptors (Lipinski definition) is 3. The number of aryl methyl sites for hydroxylation is 1. The van der Waals surface area contributed by atoms with Crippen molar-refractivity contribution < 1.29 is 4.79 Å². The molecule has 0 atom stereocenters. The summed E-state index contributed by atoms with van der Waals surface area (Å²) in [5, 5.41) is 9.40. The van der Waals surface area contributed by atoms with Gasteiger partial charge >= 0.3 is 0 Å². The second kappa shape index (κ2) is 4.69. The number of rotatable bonds is 3. The van der Waals surface area contributed by atoms with Gasteiger partial charge in [0.05, 0.1) is 0 Å². The standard InChI is InChI=1S/C12H14N4O/c1-8-6-11(16-15-8)12(17)14-7-9-2-4-10(13)5-3-9/h2-6H,7,13H2,1H3,(H,14,17)(H,15,16). The van der Waals surface area contributed by atoms with Gasteiger partial charge in [0.25, 0.3) is 5.91 Å². The van der Waals surface area contributed by atoms with E-state index in [1.165, 1.54) is 0 Å². The molecule has 5 nitrogen and oxygen atoms in total. The van der Waals surface area contributed by atoms with E-state index in [0.29, 0.717) is 17.9 Å². The quantitative estimate of drug-likeness (QED) is 0.693. The van der Waals surface area contributed by atoms with E-state index in [4.69, 9.17) is 5.73 Å². The van der Waals surface area contributed by atoms with Crippen LogP contribution in [-0.2, 0) is 6.54 Å². The molecule has 0 saturated heterocycles. The molecule has 88 valence electrons. The summed E-state index contributed by atoms with van der Waals surface area (Å²) in [6.45, 7) is 2.31. The van der Waals surface area contributed by atoms with Crippen LogP contribution in [0.2, 0.25) is 0 Å². The van der Waals surface area contributed by atoms with Crippen LogP contribution in [0.4, 0.5) is 5.69 Å². The van der Waals surface area contributed by atoms with Crippen molar-refractivity contribution in [2.75, 3.05) is 5.73 Å². The van der Waals surface area contributed by atoms with Crippen LogP contribution in [-0.4, -0.2) is 16.1 Å². The highest BCUT2D eigenvalue weighted by atomic mass is 16.1. The second-order valence-electron chi connectivity index (χ2n) is 3.86. The molecule has 0 aliphatic carbocycles. The van der Waals surface area contributed by atoms with Gasteiger partial charge in [-0.25, -0.2) is 0 Å². The molecule has 0 fully saturated rings. The highest BCUT2D eigenvalue weighted by Gasteiger charge is 2.08. The number of aromatic amines is 1. The third-order valence-corrected chi connectivity index (χ3v) is 2.37. The molecule has 2 aromatic rings. The SMILES string of the molecule is Cc1cc(C(=O)NCc2ccc(N)cc2)n[nH]1. The molecular formula is C12H14N4O. The van der Waals surface area contributed by atoms with Crippen LogP contribution in [0.1, 0.15) is 21.7 Å². The molecule has 0 radical (unpaired) electrons. The molecule has 1 heterocycles. The number of carbonyl (C=O) groups is 1. The van der Waals surface area contributed by atoms with E-state index < -0.39 is 0 Å². The van der Waals surface area contributed by atoms with Gasteiger partial charge < -0.3 is 11.1 Å². The maximum absolute atomic E-state index is 11.7. The molecule has 5 heteroatoms. The average molecular weight is 230 g/mol. The van der Waals surface area contributed by atoms with Gasteiger partial charge in [-0.2, -0.15) is 5.10 Å². The van der Waals surface area contributed by atoms with Gasteiger partial charge in [0.15, 0.2) is 0 Å². The normalized spacial score (nSPS) is 10.2. The van der Waals surface area contributed by atoms with Gasteiger partial charge in [0.2, 0.25) is 0 Å². The predicted octanol–water partition coefficient (Wildman–Crippen LogP) is 1.23. The Morgan fingerprint density at radius 3 is 2.71 bits per heavy atom. The first-order valence-electron chi connectivity index (χ1n) is 5.30. The Morgan fingerprint density at radius 1 is 1.41 bits per heavy atom. The molecule has 1 aromatic carbocycles. The van der Waals surface area contributed by atoms with Gasteiger partial charge in [0, 0.05) is 17.9 Å². The molecule has 0 bridgehead atoms. The lowest BCUT2D eigenvalue weighted by Crippen LogP contribution is -2.23. The number of anilines is 1. The number of nitrogens with two attached hydrogens (primary N) is 1. The summed E-state index contributed by atoms with van der Waals surface area (Å²) in [5.41, 5.74) is 8.55. The van der Waals surface area contributed by atoms with E-state index in [2.05, 4.69) is 15.5 Å². The highest BCUT2D eigenvalue weighted by molar-refractivity contribution is 5.92.